The zero-order valence-electron chi connectivity index (χ0n) is 11.7. The lowest BCUT2D eigenvalue weighted by Gasteiger charge is -2.18. The van der Waals surface area contributed by atoms with Crippen molar-refractivity contribution in [3.63, 3.8) is 0 Å². The Balaban J connectivity index is 1.69. The van der Waals surface area contributed by atoms with Crippen LogP contribution < -0.4 is 5.32 Å². The van der Waals surface area contributed by atoms with Crippen molar-refractivity contribution in [1.82, 2.24) is 10.2 Å². The molecule has 1 aliphatic heterocycles. The lowest BCUT2D eigenvalue weighted by atomic mass is 10.1. The van der Waals surface area contributed by atoms with Gasteiger partial charge in [0.15, 0.2) is 0 Å². The van der Waals surface area contributed by atoms with Crippen molar-refractivity contribution in [2.45, 2.75) is 25.8 Å². The summed E-state index contributed by atoms with van der Waals surface area (Å²) in [5.74, 6) is 1.12. The molecule has 1 heterocycles. The van der Waals surface area contributed by atoms with Crippen LogP contribution in [0.15, 0.2) is 30.3 Å². The molecule has 2 rings (SSSR count). The zero-order chi connectivity index (χ0) is 14.4. The summed E-state index contributed by atoms with van der Waals surface area (Å²) in [4.78, 5) is 24.9. The van der Waals surface area contributed by atoms with E-state index in [9.17, 15) is 9.59 Å². The highest BCUT2D eigenvalue weighted by Gasteiger charge is 2.23. The van der Waals surface area contributed by atoms with E-state index in [0.29, 0.717) is 11.6 Å². The SMILES string of the molecule is CC(CCc1ccccc1)NC(=O)CN1CSCC1=O. The molecule has 0 aromatic heterocycles. The van der Waals surface area contributed by atoms with Gasteiger partial charge in [-0.2, -0.15) is 0 Å². The number of benzene rings is 1. The summed E-state index contributed by atoms with van der Waals surface area (Å²) in [6.45, 7) is 2.18. The number of hydrogen-bond donors (Lipinski definition) is 1. The predicted octanol–water partition coefficient (Wildman–Crippen LogP) is 1.66. The van der Waals surface area contributed by atoms with Crippen LogP contribution in [0.1, 0.15) is 18.9 Å². The third-order valence-corrected chi connectivity index (χ3v) is 4.22. The third kappa shape index (κ3) is 4.56. The fourth-order valence-corrected chi connectivity index (χ4v) is 3.04. The molecule has 1 saturated heterocycles. The fourth-order valence-electron chi connectivity index (χ4n) is 2.13. The van der Waals surface area contributed by atoms with E-state index in [-0.39, 0.29) is 24.4 Å². The second-order valence-electron chi connectivity index (χ2n) is 5.06. The molecular formula is C15H20N2O2S. The van der Waals surface area contributed by atoms with Crippen LogP contribution in [0.3, 0.4) is 0 Å². The summed E-state index contributed by atoms with van der Waals surface area (Å²) in [6, 6.07) is 10.3. The first kappa shape index (κ1) is 14.9. The van der Waals surface area contributed by atoms with E-state index < -0.39 is 0 Å². The first-order valence-electron chi connectivity index (χ1n) is 6.84. The molecule has 0 bridgehead atoms. The highest BCUT2D eigenvalue weighted by atomic mass is 32.2. The van der Waals surface area contributed by atoms with E-state index in [1.54, 1.807) is 16.7 Å². The minimum Gasteiger partial charge on any atom is -0.352 e. The molecule has 1 atom stereocenters. The maximum absolute atomic E-state index is 11.9. The first-order chi connectivity index (χ1) is 9.65. The van der Waals surface area contributed by atoms with Gasteiger partial charge in [0, 0.05) is 6.04 Å². The molecule has 0 aliphatic carbocycles. The number of aryl methyl sites for hydroxylation is 1. The Hall–Kier alpha value is -1.49. The van der Waals surface area contributed by atoms with Crippen molar-refractivity contribution in [1.29, 1.82) is 0 Å². The summed E-state index contributed by atoms with van der Waals surface area (Å²) in [5.41, 5.74) is 1.28. The molecular weight excluding hydrogens is 272 g/mol. The summed E-state index contributed by atoms with van der Waals surface area (Å²) in [6.07, 6.45) is 1.85. The molecule has 1 aromatic rings. The summed E-state index contributed by atoms with van der Waals surface area (Å²) < 4.78 is 0. The van der Waals surface area contributed by atoms with Gasteiger partial charge in [-0.05, 0) is 25.3 Å². The highest BCUT2D eigenvalue weighted by Crippen LogP contribution is 2.14. The lowest BCUT2D eigenvalue weighted by molar-refractivity contribution is -0.132. The van der Waals surface area contributed by atoms with Crippen molar-refractivity contribution in [3.05, 3.63) is 35.9 Å². The maximum Gasteiger partial charge on any atom is 0.239 e. The Morgan fingerprint density at radius 1 is 1.40 bits per heavy atom. The summed E-state index contributed by atoms with van der Waals surface area (Å²) in [5, 5.41) is 2.96. The van der Waals surface area contributed by atoms with Gasteiger partial charge in [0.25, 0.3) is 0 Å². The minimum absolute atomic E-state index is 0.0575. The second-order valence-corrected chi connectivity index (χ2v) is 6.02. The van der Waals surface area contributed by atoms with Crippen molar-refractivity contribution in [3.8, 4) is 0 Å². The summed E-state index contributed by atoms with van der Waals surface area (Å²) in [7, 11) is 0. The van der Waals surface area contributed by atoms with Crippen molar-refractivity contribution >= 4 is 23.6 Å². The number of hydrogen-bond acceptors (Lipinski definition) is 3. The molecule has 0 saturated carbocycles. The second kappa shape index (κ2) is 7.33. The largest absolute Gasteiger partial charge is 0.352 e. The Morgan fingerprint density at radius 3 is 2.80 bits per heavy atom. The van der Waals surface area contributed by atoms with Gasteiger partial charge >= 0.3 is 0 Å². The van der Waals surface area contributed by atoms with Crippen LogP contribution in [0.5, 0.6) is 0 Å². The molecule has 5 heteroatoms. The third-order valence-electron chi connectivity index (χ3n) is 3.28. The smallest absolute Gasteiger partial charge is 0.239 e. The maximum atomic E-state index is 11.9. The number of nitrogens with zero attached hydrogens (tertiary/aromatic N) is 1. The van der Waals surface area contributed by atoms with E-state index >= 15 is 0 Å². The van der Waals surface area contributed by atoms with Gasteiger partial charge < -0.3 is 10.2 Å². The standard InChI is InChI=1S/C15H20N2O2S/c1-12(7-8-13-5-3-2-4-6-13)16-14(18)9-17-11-20-10-15(17)19/h2-6,12H,7-11H2,1H3,(H,16,18). The molecule has 108 valence electrons. The van der Waals surface area contributed by atoms with Gasteiger partial charge in [0.2, 0.25) is 11.8 Å². The van der Waals surface area contributed by atoms with Gasteiger partial charge in [-0.1, -0.05) is 30.3 Å². The van der Waals surface area contributed by atoms with E-state index in [2.05, 4.69) is 17.4 Å². The first-order valence-corrected chi connectivity index (χ1v) is 7.99. The van der Waals surface area contributed by atoms with Crippen LogP contribution in [0.4, 0.5) is 0 Å². The summed E-state index contributed by atoms with van der Waals surface area (Å²) >= 11 is 1.56. The number of nitrogens with one attached hydrogen (secondary N) is 1. The van der Waals surface area contributed by atoms with Gasteiger partial charge in [0.1, 0.15) is 6.54 Å². The number of carbonyl (C=O) groups is 2. The average molecular weight is 292 g/mol. The molecule has 1 aliphatic rings. The van der Waals surface area contributed by atoms with Gasteiger partial charge in [-0.3, -0.25) is 9.59 Å². The van der Waals surface area contributed by atoms with Crippen LogP contribution in [0.25, 0.3) is 0 Å². The van der Waals surface area contributed by atoms with E-state index in [0.717, 1.165) is 12.8 Å². The molecule has 4 nitrogen and oxygen atoms in total. The van der Waals surface area contributed by atoms with Gasteiger partial charge in [-0.25, -0.2) is 0 Å². The van der Waals surface area contributed by atoms with Crippen LogP contribution in [0.2, 0.25) is 0 Å². The van der Waals surface area contributed by atoms with E-state index in [1.807, 2.05) is 25.1 Å². The Labute approximate surface area is 123 Å². The average Bonchev–Trinajstić information content (AvgIpc) is 2.83. The number of carbonyl (C=O) groups excluding carboxylic acids is 2. The molecule has 1 unspecified atom stereocenters. The Bertz CT molecular complexity index is 464. The van der Waals surface area contributed by atoms with E-state index in [1.165, 1.54) is 5.56 Å². The number of amides is 2. The molecule has 20 heavy (non-hydrogen) atoms. The van der Waals surface area contributed by atoms with Crippen LogP contribution in [0, 0.1) is 0 Å². The molecule has 2 amide bonds. The van der Waals surface area contributed by atoms with Gasteiger partial charge in [-0.15, -0.1) is 11.8 Å². The number of thioether (sulfide) groups is 1. The van der Waals surface area contributed by atoms with Crippen LogP contribution in [-0.2, 0) is 16.0 Å². The monoisotopic (exact) mass is 292 g/mol. The van der Waals surface area contributed by atoms with Crippen LogP contribution in [-0.4, -0.2) is 40.9 Å². The topological polar surface area (TPSA) is 49.4 Å². The number of rotatable bonds is 6. The lowest BCUT2D eigenvalue weighted by Crippen LogP contribution is -2.41. The van der Waals surface area contributed by atoms with Crippen LogP contribution >= 0.6 is 11.8 Å². The van der Waals surface area contributed by atoms with Crippen molar-refractivity contribution in [2.75, 3.05) is 18.2 Å². The molecule has 0 radical (unpaired) electrons. The molecule has 1 fully saturated rings. The highest BCUT2D eigenvalue weighted by molar-refractivity contribution is 8.00. The Kier molecular flexibility index (Phi) is 5.47. The quantitative estimate of drug-likeness (QED) is 0.867. The molecule has 1 aromatic carbocycles. The predicted molar refractivity (Wildman–Crippen MR) is 81.4 cm³/mol. The molecule has 0 spiro atoms. The minimum atomic E-state index is -0.0681. The fraction of sp³-hybridized carbons (Fsp3) is 0.467. The normalized spacial score (nSPS) is 16.2. The van der Waals surface area contributed by atoms with E-state index in [4.69, 9.17) is 0 Å². The molecule has 1 N–H and O–H groups in total. The van der Waals surface area contributed by atoms with Gasteiger partial charge in [0.05, 0.1) is 11.6 Å². The Morgan fingerprint density at radius 2 is 2.15 bits per heavy atom. The zero-order valence-corrected chi connectivity index (χ0v) is 12.5. The van der Waals surface area contributed by atoms with Crippen molar-refractivity contribution in [2.24, 2.45) is 0 Å². The van der Waals surface area contributed by atoms with Crippen molar-refractivity contribution < 1.29 is 9.59 Å².